The number of nitrogens with one attached hydrogen (secondary N) is 1. The summed E-state index contributed by atoms with van der Waals surface area (Å²) in [7, 11) is 0. The van der Waals surface area contributed by atoms with E-state index in [2.05, 4.69) is 5.32 Å². The molecule has 2 atom stereocenters. The Morgan fingerprint density at radius 2 is 1.48 bits per heavy atom. The second kappa shape index (κ2) is 4.70. The van der Waals surface area contributed by atoms with Crippen molar-refractivity contribution in [1.82, 2.24) is 5.32 Å². The van der Waals surface area contributed by atoms with Crippen LogP contribution in [0.4, 0.5) is 0 Å². The molecular weight excluding hydrogens is 270 g/mol. The van der Waals surface area contributed by atoms with Crippen LogP contribution in [0.5, 0.6) is 0 Å². The van der Waals surface area contributed by atoms with Crippen LogP contribution in [0, 0.1) is 17.8 Å². The number of carboxylic acid groups (broad SMARTS) is 1. The summed E-state index contributed by atoms with van der Waals surface area (Å²) in [5.41, 5.74) is -0.0174. The van der Waals surface area contributed by atoms with E-state index in [9.17, 15) is 9.59 Å². The quantitative estimate of drug-likeness (QED) is 0.830. The fourth-order valence-electron chi connectivity index (χ4n) is 5.62. The summed E-state index contributed by atoms with van der Waals surface area (Å²) in [6.07, 6.45) is 6.95. The molecule has 116 valence electrons. The van der Waals surface area contributed by atoms with Crippen molar-refractivity contribution in [2.75, 3.05) is 0 Å². The van der Waals surface area contributed by atoms with Gasteiger partial charge in [-0.2, -0.15) is 0 Å². The van der Waals surface area contributed by atoms with Gasteiger partial charge in [0.2, 0.25) is 5.91 Å². The largest absolute Gasteiger partial charge is 0.479 e. The van der Waals surface area contributed by atoms with Gasteiger partial charge in [0.15, 0.2) is 6.10 Å². The van der Waals surface area contributed by atoms with Gasteiger partial charge in [-0.25, -0.2) is 4.79 Å². The highest BCUT2D eigenvalue weighted by Gasteiger charge is 2.52. The number of hydrogen-bond acceptors (Lipinski definition) is 3. The fourth-order valence-corrected chi connectivity index (χ4v) is 5.62. The summed E-state index contributed by atoms with van der Waals surface area (Å²) in [4.78, 5) is 23.4. The van der Waals surface area contributed by atoms with E-state index in [1.165, 1.54) is 19.3 Å². The molecule has 5 nitrogen and oxygen atoms in total. The van der Waals surface area contributed by atoms with Gasteiger partial charge in [0, 0.05) is 5.54 Å². The molecule has 2 N–H and O–H groups in total. The number of ether oxygens (including phenoxy) is 1. The average molecular weight is 293 g/mol. The maximum Gasteiger partial charge on any atom is 0.332 e. The Balaban J connectivity index is 1.42. The SMILES string of the molecule is O=C(NC12CC3CC(CC(C3)C1)C2)[C@@H]1CC[C@H](C(=O)O)O1. The number of aliphatic carboxylic acids is 1. The maximum absolute atomic E-state index is 12.5. The molecule has 5 heteroatoms. The van der Waals surface area contributed by atoms with Crippen molar-refractivity contribution in [1.29, 1.82) is 0 Å². The van der Waals surface area contributed by atoms with Gasteiger partial charge in [0.1, 0.15) is 6.10 Å². The molecule has 4 saturated carbocycles. The van der Waals surface area contributed by atoms with Crippen molar-refractivity contribution < 1.29 is 19.4 Å². The van der Waals surface area contributed by atoms with Crippen LogP contribution in [-0.2, 0) is 14.3 Å². The van der Waals surface area contributed by atoms with Crippen LogP contribution in [0.25, 0.3) is 0 Å². The Labute approximate surface area is 124 Å². The minimum atomic E-state index is -0.958. The first kappa shape index (κ1) is 13.6. The molecule has 4 bridgehead atoms. The molecule has 5 rings (SSSR count). The van der Waals surface area contributed by atoms with Gasteiger partial charge in [0.05, 0.1) is 0 Å². The molecular formula is C16H23NO4. The number of carbonyl (C=O) groups excluding carboxylic acids is 1. The Morgan fingerprint density at radius 3 is 1.95 bits per heavy atom. The van der Waals surface area contributed by atoms with E-state index in [-0.39, 0.29) is 11.4 Å². The molecule has 5 aliphatic rings. The minimum absolute atomic E-state index is 0.0174. The molecule has 1 amide bonds. The van der Waals surface area contributed by atoms with Crippen LogP contribution >= 0.6 is 0 Å². The van der Waals surface area contributed by atoms with E-state index in [4.69, 9.17) is 9.84 Å². The molecule has 0 aromatic heterocycles. The summed E-state index contributed by atoms with van der Waals surface area (Å²) >= 11 is 0. The number of hydrogen-bond donors (Lipinski definition) is 2. The van der Waals surface area contributed by atoms with Crippen molar-refractivity contribution >= 4 is 11.9 Å². The van der Waals surface area contributed by atoms with E-state index in [0.29, 0.717) is 12.8 Å². The highest BCUT2D eigenvalue weighted by molar-refractivity contribution is 5.83. The smallest absolute Gasteiger partial charge is 0.332 e. The zero-order valence-corrected chi connectivity index (χ0v) is 12.2. The summed E-state index contributed by atoms with van der Waals surface area (Å²) in [6.45, 7) is 0. The van der Waals surface area contributed by atoms with Crippen molar-refractivity contribution in [3.8, 4) is 0 Å². The lowest BCUT2D eigenvalue weighted by atomic mass is 9.53. The van der Waals surface area contributed by atoms with E-state index >= 15 is 0 Å². The Hall–Kier alpha value is -1.10. The topological polar surface area (TPSA) is 75.6 Å². The second-order valence-electron chi connectivity index (χ2n) is 7.72. The van der Waals surface area contributed by atoms with Gasteiger partial charge >= 0.3 is 5.97 Å². The lowest BCUT2D eigenvalue weighted by Gasteiger charge is -2.57. The van der Waals surface area contributed by atoms with Crippen LogP contribution in [0.15, 0.2) is 0 Å². The van der Waals surface area contributed by atoms with Crippen LogP contribution in [0.1, 0.15) is 51.4 Å². The molecule has 1 heterocycles. The molecule has 0 radical (unpaired) electrons. The highest BCUT2D eigenvalue weighted by Crippen LogP contribution is 2.55. The summed E-state index contributed by atoms with van der Waals surface area (Å²) in [6, 6.07) is 0. The monoisotopic (exact) mass is 293 g/mol. The molecule has 1 aliphatic heterocycles. The lowest BCUT2D eigenvalue weighted by molar-refractivity contribution is -0.152. The minimum Gasteiger partial charge on any atom is -0.479 e. The Morgan fingerprint density at radius 1 is 0.952 bits per heavy atom. The standard InChI is InChI=1S/C16H23NO4/c18-14(12-1-2-13(21-12)15(19)20)17-16-6-9-3-10(7-16)5-11(4-9)8-16/h9-13H,1-8H2,(H,17,18)(H,19,20)/t9?,10?,11?,12-,13+,16?/m0/s1. The number of carboxylic acids is 1. The maximum atomic E-state index is 12.5. The fraction of sp³-hybridized carbons (Fsp3) is 0.875. The van der Waals surface area contributed by atoms with Crippen LogP contribution in [-0.4, -0.2) is 34.7 Å². The molecule has 0 aromatic rings. The first-order valence-electron chi connectivity index (χ1n) is 8.23. The van der Waals surface area contributed by atoms with Gasteiger partial charge < -0.3 is 15.2 Å². The third-order valence-corrected chi connectivity index (χ3v) is 6.01. The first-order valence-corrected chi connectivity index (χ1v) is 8.23. The first-order chi connectivity index (χ1) is 10.0. The Kier molecular flexibility index (Phi) is 3.03. The van der Waals surface area contributed by atoms with Gasteiger partial charge in [-0.05, 0) is 69.1 Å². The van der Waals surface area contributed by atoms with Gasteiger partial charge in [0.25, 0.3) is 0 Å². The average Bonchev–Trinajstić information content (AvgIpc) is 2.85. The highest BCUT2D eigenvalue weighted by atomic mass is 16.5. The molecule has 5 fully saturated rings. The van der Waals surface area contributed by atoms with Gasteiger partial charge in [-0.3, -0.25) is 4.79 Å². The van der Waals surface area contributed by atoms with E-state index in [1.807, 2.05) is 0 Å². The van der Waals surface area contributed by atoms with Crippen molar-refractivity contribution in [3.05, 3.63) is 0 Å². The lowest BCUT2D eigenvalue weighted by Crippen LogP contribution is -2.61. The summed E-state index contributed by atoms with van der Waals surface area (Å²) in [5.74, 6) is 1.31. The van der Waals surface area contributed by atoms with Crippen LogP contribution in [0.3, 0.4) is 0 Å². The van der Waals surface area contributed by atoms with Crippen LogP contribution < -0.4 is 5.32 Å². The zero-order valence-electron chi connectivity index (χ0n) is 12.2. The van der Waals surface area contributed by atoms with Crippen LogP contribution in [0.2, 0.25) is 0 Å². The summed E-state index contributed by atoms with van der Waals surface area (Å²) in [5, 5.41) is 12.2. The molecule has 0 spiro atoms. The predicted octanol–water partition coefficient (Wildman–Crippen LogP) is 1.70. The number of rotatable bonds is 3. The third kappa shape index (κ3) is 2.35. The molecule has 0 aromatic carbocycles. The Bertz CT molecular complexity index is 440. The predicted molar refractivity (Wildman–Crippen MR) is 74.6 cm³/mol. The molecule has 1 saturated heterocycles. The summed E-state index contributed by atoms with van der Waals surface area (Å²) < 4.78 is 5.39. The third-order valence-electron chi connectivity index (χ3n) is 6.01. The van der Waals surface area contributed by atoms with Crippen molar-refractivity contribution in [2.24, 2.45) is 17.8 Å². The number of amides is 1. The molecule has 4 aliphatic carbocycles. The van der Waals surface area contributed by atoms with Gasteiger partial charge in [-0.1, -0.05) is 0 Å². The number of carbonyl (C=O) groups is 2. The molecule has 0 unspecified atom stereocenters. The van der Waals surface area contributed by atoms with E-state index < -0.39 is 18.2 Å². The van der Waals surface area contributed by atoms with Crippen molar-refractivity contribution in [3.63, 3.8) is 0 Å². The molecule has 21 heavy (non-hydrogen) atoms. The second-order valence-corrected chi connectivity index (χ2v) is 7.72. The van der Waals surface area contributed by atoms with Gasteiger partial charge in [-0.15, -0.1) is 0 Å². The zero-order chi connectivity index (χ0) is 14.6. The van der Waals surface area contributed by atoms with E-state index in [0.717, 1.165) is 37.0 Å². The van der Waals surface area contributed by atoms with E-state index in [1.54, 1.807) is 0 Å². The normalized spacial score (nSPS) is 47.5. The van der Waals surface area contributed by atoms with Crippen molar-refractivity contribution in [2.45, 2.75) is 69.1 Å².